The number of anilines is 2. The standard InChI is InChI=1S/C28H30N2O7/c1-33-22-10-8-17(12-20(22)29)9-11-26(31)30-21-13-18(14-23(34-2)27(21)32)6-7-19-15-24(35-3)28(37-5)25(16-19)36-4/h6-16,32H,29H2,1-5H3,(H,30,31)/b7-6-,11-9-. The number of aromatic hydroxyl groups is 1. The Bertz CT molecular complexity index is 1310. The van der Waals surface area contributed by atoms with E-state index in [2.05, 4.69) is 5.32 Å². The topological polar surface area (TPSA) is 122 Å². The summed E-state index contributed by atoms with van der Waals surface area (Å²) in [5.74, 6) is 1.64. The number of methoxy groups -OCH3 is 5. The summed E-state index contributed by atoms with van der Waals surface area (Å²) in [4.78, 5) is 12.6. The molecule has 0 saturated heterocycles. The molecule has 0 aliphatic carbocycles. The van der Waals surface area contributed by atoms with Crippen LogP contribution in [0.5, 0.6) is 34.5 Å². The molecular weight excluding hydrogens is 476 g/mol. The average molecular weight is 507 g/mol. The van der Waals surface area contributed by atoms with Gasteiger partial charge >= 0.3 is 0 Å². The Kier molecular flexibility index (Phi) is 8.88. The third-order valence-electron chi connectivity index (χ3n) is 5.41. The average Bonchev–Trinajstić information content (AvgIpc) is 2.91. The van der Waals surface area contributed by atoms with Gasteiger partial charge in [0.15, 0.2) is 23.0 Å². The number of nitrogen functional groups attached to an aromatic ring is 1. The molecule has 9 nitrogen and oxygen atoms in total. The molecule has 0 aliphatic heterocycles. The van der Waals surface area contributed by atoms with Gasteiger partial charge in [-0.3, -0.25) is 4.79 Å². The van der Waals surface area contributed by atoms with Crippen LogP contribution in [0.1, 0.15) is 16.7 Å². The van der Waals surface area contributed by atoms with Crippen LogP contribution in [0.25, 0.3) is 18.2 Å². The van der Waals surface area contributed by atoms with Crippen molar-refractivity contribution in [2.24, 2.45) is 0 Å². The molecule has 194 valence electrons. The van der Waals surface area contributed by atoms with Crippen LogP contribution in [0.2, 0.25) is 0 Å². The van der Waals surface area contributed by atoms with Crippen molar-refractivity contribution in [1.29, 1.82) is 0 Å². The van der Waals surface area contributed by atoms with Crippen LogP contribution in [0.3, 0.4) is 0 Å². The predicted octanol–water partition coefficient (Wildman–Crippen LogP) is 4.84. The molecule has 3 aromatic carbocycles. The van der Waals surface area contributed by atoms with Gasteiger partial charge in [-0.1, -0.05) is 18.2 Å². The van der Waals surface area contributed by atoms with Crippen molar-refractivity contribution < 1.29 is 33.6 Å². The van der Waals surface area contributed by atoms with E-state index in [0.717, 1.165) is 11.1 Å². The number of nitrogens with two attached hydrogens (primary N) is 1. The number of phenolic OH excluding ortho intramolecular Hbond substituents is 1. The Morgan fingerprint density at radius 3 is 1.84 bits per heavy atom. The van der Waals surface area contributed by atoms with Gasteiger partial charge in [-0.05, 0) is 59.2 Å². The van der Waals surface area contributed by atoms with Crippen molar-refractivity contribution in [3.05, 3.63) is 65.2 Å². The molecule has 0 spiro atoms. The van der Waals surface area contributed by atoms with Gasteiger partial charge in [0, 0.05) is 6.08 Å². The summed E-state index contributed by atoms with van der Waals surface area (Å²) in [6.45, 7) is 0. The summed E-state index contributed by atoms with van der Waals surface area (Å²) < 4.78 is 26.6. The molecule has 0 fully saturated rings. The maximum Gasteiger partial charge on any atom is 0.248 e. The number of ether oxygens (including phenoxy) is 5. The van der Waals surface area contributed by atoms with Gasteiger partial charge in [-0.15, -0.1) is 0 Å². The summed E-state index contributed by atoms with van der Waals surface area (Å²) in [7, 11) is 7.59. The van der Waals surface area contributed by atoms with Crippen LogP contribution in [-0.2, 0) is 4.79 Å². The minimum atomic E-state index is -0.447. The summed E-state index contributed by atoms with van der Waals surface area (Å²) in [5.41, 5.74) is 8.74. The first-order valence-corrected chi connectivity index (χ1v) is 11.1. The molecule has 0 atom stereocenters. The van der Waals surface area contributed by atoms with Gasteiger partial charge in [0.05, 0.1) is 46.9 Å². The lowest BCUT2D eigenvalue weighted by Crippen LogP contribution is -2.08. The van der Waals surface area contributed by atoms with Gasteiger partial charge in [0.2, 0.25) is 11.7 Å². The first-order chi connectivity index (χ1) is 17.8. The Labute approximate surface area is 215 Å². The van der Waals surface area contributed by atoms with Gasteiger partial charge in [0.25, 0.3) is 0 Å². The van der Waals surface area contributed by atoms with Crippen molar-refractivity contribution in [2.75, 3.05) is 46.6 Å². The normalized spacial score (nSPS) is 10.9. The number of carbonyl (C=O) groups is 1. The second-order valence-electron chi connectivity index (χ2n) is 7.74. The molecular formula is C28H30N2O7. The second kappa shape index (κ2) is 12.3. The minimum absolute atomic E-state index is 0.188. The highest BCUT2D eigenvalue weighted by molar-refractivity contribution is 6.03. The predicted molar refractivity (Wildman–Crippen MR) is 145 cm³/mol. The van der Waals surface area contributed by atoms with Crippen LogP contribution < -0.4 is 34.7 Å². The molecule has 0 radical (unpaired) electrons. The zero-order valence-electron chi connectivity index (χ0n) is 21.3. The maximum atomic E-state index is 12.6. The number of rotatable bonds is 10. The molecule has 3 rings (SSSR count). The lowest BCUT2D eigenvalue weighted by molar-refractivity contribution is -0.111. The van der Waals surface area contributed by atoms with E-state index in [1.165, 1.54) is 27.4 Å². The zero-order chi connectivity index (χ0) is 26.9. The third-order valence-corrected chi connectivity index (χ3v) is 5.41. The summed E-state index contributed by atoms with van der Waals surface area (Å²) >= 11 is 0. The van der Waals surface area contributed by atoms with E-state index in [-0.39, 0.29) is 17.2 Å². The highest BCUT2D eigenvalue weighted by Gasteiger charge is 2.14. The molecule has 9 heteroatoms. The molecule has 0 saturated carbocycles. The zero-order valence-corrected chi connectivity index (χ0v) is 21.3. The summed E-state index contributed by atoms with van der Waals surface area (Å²) in [6, 6.07) is 12.1. The first-order valence-electron chi connectivity index (χ1n) is 11.1. The summed E-state index contributed by atoms with van der Waals surface area (Å²) in [6.07, 6.45) is 6.57. The molecule has 0 bridgehead atoms. The number of carbonyl (C=O) groups excluding carboxylic acids is 1. The maximum absolute atomic E-state index is 12.6. The molecule has 37 heavy (non-hydrogen) atoms. The van der Waals surface area contributed by atoms with Gasteiger partial charge in [-0.2, -0.15) is 0 Å². The molecule has 0 unspecified atom stereocenters. The third kappa shape index (κ3) is 6.46. The van der Waals surface area contributed by atoms with E-state index >= 15 is 0 Å². The monoisotopic (exact) mass is 506 g/mol. The van der Waals surface area contributed by atoms with Crippen LogP contribution in [0.4, 0.5) is 11.4 Å². The van der Waals surface area contributed by atoms with Crippen LogP contribution in [0.15, 0.2) is 48.5 Å². The van der Waals surface area contributed by atoms with Crippen LogP contribution >= 0.6 is 0 Å². The Morgan fingerprint density at radius 1 is 0.730 bits per heavy atom. The Morgan fingerprint density at radius 2 is 1.30 bits per heavy atom. The Balaban J connectivity index is 1.85. The molecule has 3 aromatic rings. The van der Waals surface area contributed by atoms with Crippen molar-refractivity contribution in [3.8, 4) is 34.5 Å². The van der Waals surface area contributed by atoms with E-state index in [0.29, 0.717) is 34.2 Å². The lowest BCUT2D eigenvalue weighted by atomic mass is 10.1. The number of nitrogens with one attached hydrogen (secondary N) is 1. The fourth-order valence-corrected chi connectivity index (χ4v) is 3.57. The molecule has 4 N–H and O–H groups in total. The number of hydrogen-bond acceptors (Lipinski definition) is 8. The fourth-order valence-electron chi connectivity index (χ4n) is 3.57. The molecule has 1 amide bonds. The molecule has 0 aromatic heterocycles. The van der Waals surface area contributed by atoms with Crippen molar-refractivity contribution in [1.82, 2.24) is 0 Å². The van der Waals surface area contributed by atoms with Crippen LogP contribution in [0, 0.1) is 0 Å². The summed E-state index contributed by atoms with van der Waals surface area (Å²) in [5, 5.41) is 13.2. The molecule has 0 aliphatic rings. The van der Waals surface area contributed by atoms with E-state index in [1.54, 1.807) is 68.8 Å². The smallest absolute Gasteiger partial charge is 0.248 e. The van der Waals surface area contributed by atoms with E-state index in [1.807, 2.05) is 6.08 Å². The van der Waals surface area contributed by atoms with Crippen molar-refractivity contribution in [3.63, 3.8) is 0 Å². The fraction of sp³-hybridized carbons (Fsp3) is 0.179. The van der Waals surface area contributed by atoms with Crippen LogP contribution in [-0.4, -0.2) is 46.6 Å². The number of amides is 1. The van der Waals surface area contributed by atoms with E-state index in [9.17, 15) is 9.90 Å². The van der Waals surface area contributed by atoms with Gasteiger partial charge in [-0.25, -0.2) is 0 Å². The SMILES string of the molecule is COc1ccc(/C=C\C(=O)Nc2cc(/C=C\c3cc(OC)c(OC)c(OC)c3)cc(OC)c2O)cc1N. The number of hydrogen-bond donors (Lipinski definition) is 3. The lowest BCUT2D eigenvalue weighted by Gasteiger charge is -2.13. The largest absolute Gasteiger partial charge is 0.503 e. The van der Waals surface area contributed by atoms with Gasteiger partial charge in [0.1, 0.15) is 5.75 Å². The highest BCUT2D eigenvalue weighted by Crippen LogP contribution is 2.39. The van der Waals surface area contributed by atoms with Gasteiger partial charge < -0.3 is 39.8 Å². The minimum Gasteiger partial charge on any atom is -0.503 e. The highest BCUT2D eigenvalue weighted by atomic mass is 16.5. The Hall–Kier alpha value is -4.79. The number of benzene rings is 3. The van der Waals surface area contributed by atoms with E-state index < -0.39 is 5.91 Å². The van der Waals surface area contributed by atoms with Crippen molar-refractivity contribution >= 4 is 35.5 Å². The van der Waals surface area contributed by atoms with Crippen molar-refractivity contribution in [2.45, 2.75) is 0 Å². The second-order valence-corrected chi connectivity index (χ2v) is 7.74. The molecule has 0 heterocycles. The van der Waals surface area contributed by atoms with E-state index in [4.69, 9.17) is 29.4 Å². The number of phenols is 1. The first kappa shape index (κ1) is 26.8. The quantitative estimate of drug-likeness (QED) is 0.155.